The molecule has 1 heterocycles. The molecule has 31 heavy (non-hydrogen) atoms. The van der Waals surface area contributed by atoms with Crippen LogP contribution < -0.4 is 10.9 Å². The van der Waals surface area contributed by atoms with Gasteiger partial charge in [-0.05, 0) is 41.9 Å². The second-order valence-corrected chi connectivity index (χ2v) is 7.80. The summed E-state index contributed by atoms with van der Waals surface area (Å²) in [6, 6.07) is 18.5. The van der Waals surface area contributed by atoms with E-state index in [-0.39, 0.29) is 11.5 Å². The van der Waals surface area contributed by atoms with E-state index in [2.05, 4.69) is 30.1 Å². The third-order valence-electron chi connectivity index (χ3n) is 5.39. The fraction of sp³-hybridized carbons (Fsp3) is 0.280. The molecule has 1 amide bonds. The zero-order valence-electron chi connectivity index (χ0n) is 18.0. The molecule has 0 saturated heterocycles. The van der Waals surface area contributed by atoms with Crippen LogP contribution in [-0.4, -0.2) is 28.5 Å². The van der Waals surface area contributed by atoms with Gasteiger partial charge in [0.2, 0.25) is 0 Å². The van der Waals surface area contributed by atoms with Gasteiger partial charge in [0.25, 0.3) is 11.5 Å². The highest BCUT2D eigenvalue weighted by Crippen LogP contribution is 2.16. The first-order chi connectivity index (χ1) is 15.0. The molecule has 5 nitrogen and oxygen atoms in total. The molecule has 0 aliphatic rings. The van der Waals surface area contributed by atoms with Gasteiger partial charge in [-0.15, -0.1) is 0 Å². The zero-order chi connectivity index (χ0) is 22.2. The van der Waals surface area contributed by atoms with Crippen molar-refractivity contribution in [3.63, 3.8) is 0 Å². The van der Waals surface area contributed by atoms with E-state index in [4.69, 9.17) is 11.6 Å². The topological polar surface area (TPSA) is 54.3 Å². The Balaban J connectivity index is 1.72. The summed E-state index contributed by atoms with van der Waals surface area (Å²) < 4.78 is 1.50. The standard InChI is InChI=1S/C25H28ClN3O2/c1-3-28(4-2)16-20-10-6-5-9-19(20)15-27-25(31)22-13-14-24(30)29(18-22)17-21-11-7-8-12-23(21)26/h5-14,18H,3-4,15-17H2,1-2H3,(H,27,31). The summed E-state index contributed by atoms with van der Waals surface area (Å²) in [5.74, 6) is -0.217. The van der Waals surface area contributed by atoms with Crippen LogP contribution in [0.3, 0.4) is 0 Å². The van der Waals surface area contributed by atoms with Gasteiger partial charge in [-0.2, -0.15) is 0 Å². The minimum absolute atomic E-state index is 0.180. The van der Waals surface area contributed by atoms with Crippen molar-refractivity contribution in [1.82, 2.24) is 14.8 Å². The number of amides is 1. The van der Waals surface area contributed by atoms with Crippen molar-refractivity contribution in [3.8, 4) is 0 Å². The summed E-state index contributed by atoms with van der Waals surface area (Å²) >= 11 is 6.22. The van der Waals surface area contributed by atoms with Gasteiger partial charge in [-0.25, -0.2) is 0 Å². The van der Waals surface area contributed by atoms with Crippen molar-refractivity contribution in [3.05, 3.63) is 104 Å². The van der Waals surface area contributed by atoms with Crippen LogP contribution in [0, 0.1) is 0 Å². The molecule has 0 saturated carbocycles. The van der Waals surface area contributed by atoms with Gasteiger partial charge in [-0.3, -0.25) is 14.5 Å². The Morgan fingerprint density at radius 1 is 0.935 bits per heavy atom. The van der Waals surface area contributed by atoms with Crippen LogP contribution in [0.5, 0.6) is 0 Å². The number of aromatic nitrogens is 1. The van der Waals surface area contributed by atoms with Crippen LogP contribution in [0.25, 0.3) is 0 Å². The van der Waals surface area contributed by atoms with Gasteiger partial charge >= 0.3 is 0 Å². The highest BCUT2D eigenvalue weighted by molar-refractivity contribution is 6.31. The lowest BCUT2D eigenvalue weighted by Crippen LogP contribution is -2.28. The van der Waals surface area contributed by atoms with E-state index >= 15 is 0 Å². The number of halogens is 1. The number of nitrogens with one attached hydrogen (secondary N) is 1. The maximum absolute atomic E-state index is 12.8. The van der Waals surface area contributed by atoms with Crippen LogP contribution in [-0.2, 0) is 19.6 Å². The van der Waals surface area contributed by atoms with E-state index in [0.29, 0.717) is 23.7 Å². The lowest BCUT2D eigenvalue weighted by atomic mass is 10.1. The fourth-order valence-corrected chi connectivity index (χ4v) is 3.64. The highest BCUT2D eigenvalue weighted by atomic mass is 35.5. The van der Waals surface area contributed by atoms with E-state index in [1.165, 1.54) is 16.2 Å². The molecule has 0 fully saturated rings. The largest absolute Gasteiger partial charge is 0.348 e. The van der Waals surface area contributed by atoms with Crippen molar-refractivity contribution in [2.45, 2.75) is 33.5 Å². The van der Waals surface area contributed by atoms with Crippen molar-refractivity contribution in [2.75, 3.05) is 13.1 Å². The molecule has 2 aromatic carbocycles. The van der Waals surface area contributed by atoms with E-state index in [1.807, 2.05) is 36.4 Å². The summed E-state index contributed by atoms with van der Waals surface area (Å²) in [5, 5.41) is 3.58. The minimum atomic E-state index is -0.217. The molecule has 0 unspecified atom stereocenters. The van der Waals surface area contributed by atoms with Crippen LogP contribution in [0.15, 0.2) is 71.7 Å². The number of carbonyl (C=O) groups is 1. The zero-order valence-corrected chi connectivity index (χ0v) is 18.7. The summed E-state index contributed by atoms with van der Waals surface area (Å²) in [6.07, 6.45) is 1.59. The quantitative estimate of drug-likeness (QED) is 0.542. The molecule has 0 bridgehead atoms. The van der Waals surface area contributed by atoms with Crippen molar-refractivity contribution in [1.29, 1.82) is 0 Å². The van der Waals surface area contributed by atoms with E-state index < -0.39 is 0 Å². The van der Waals surface area contributed by atoms with Crippen LogP contribution >= 0.6 is 11.6 Å². The number of rotatable bonds is 9. The number of hydrogen-bond donors (Lipinski definition) is 1. The smallest absolute Gasteiger partial charge is 0.253 e. The molecule has 1 aromatic heterocycles. The molecule has 6 heteroatoms. The third kappa shape index (κ3) is 6.06. The van der Waals surface area contributed by atoms with Gasteiger partial charge in [0.05, 0.1) is 12.1 Å². The van der Waals surface area contributed by atoms with Crippen LogP contribution in [0.1, 0.15) is 40.9 Å². The minimum Gasteiger partial charge on any atom is -0.348 e. The Morgan fingerprint density at radius 2 is 1.58 bits per heavy atom. The van der Waals surface area contributed by atoms with Gasteiger partial charge in [0.15, 0.2) is 0 Å². The summed E-state index contributed by atoms with van der Waals surface area (Å²) in [5.41, 5.74) is 3.38. The van der Waals surface area contributed by atoms with Crippen molar-refractivity contribution < 1.29 is 4.79 Å². The summed E-state index contributed by atoms with van der Waals surface area (Å²) in [4.78, 5) is 27.4. The molecule has 162 valence electrons. The molecular formula is C25H28ClN3O2. The average Bonchev–Trinajstić information content (AvgIpc) is 2.79. The maximum Gasteiger partial charge on any atom is 0.253 e. The Hall–Kier alpha value is -2.89. The van der Waals surface area contributed by atoms with E-state index in [9.17, 15) is 9.59 Å². The molecule has 0 aliphatic heterocycles. The lowest BCUT2D eigenvalue weighted by Gasteiger charge is -2.20. The predicted molar refractivity (Wildman–Crippen MR) is 125 cm³/mol. The first-order valence-electron chi connectivity index (χ1n) is 10.5. The number of pyridine rings is 1. The Kier molecular flexibility index (Phi) is 8.04. The van der Waals surface area contributed by atoms with E-state index in [1.54, 1.807) is 18.3 Å². The molecule has 0 atom stereocenters. The molecular weight excluding hydrogens is 410 g/mol. The molecule has 3 aromatic rings. The molecule has 3 rings (SSSR count). The Bertz CT molecular complexity index is 1090. The third-order valence-corrected chi connectivity index (χ3v) is 5.76. The van der Waals surface area contributed by atoms with Gasteiger partial charge < -0.3 is 9.88 Å². The predicted octanol–water partition coefficient (Wildman–Crippen LogP) is 4.32. The van der Waals surface area contributed by atoms with Gasteiger partial charge in [-0.1, -0.05) is 67.9 Å². The van der Waals surface area contributed by atoms with Gasteiger partial charge in [0.1, 0.15) is 0 Å². The van der Waals surface area contributed by atoms with Gasteiger partial charge in [0, 0.05) is 30.4 Å². The monoisotopic (exact) mass is 437 g/mol. The number of benzene rings is 2. The summed E-state index contributed by atoms with van der Waals surface area (Å²) in [7, 11) is 0. The SMILES string of the molecule is CCN(CC)Cc1ccccc1CNC(=O)c1ccc(=O)n(Cc2ccccc2Cl)c1. The first-order valence-corrected chi connectivity index (χ1v) is 10.9. The molecule has 0 spiro atoms. The normalized spacial score (nSPS) is 11.0. The lowest BCUT2D eigenvalue weighted by molar-refractivity contribution is 0.0950. The molecule has 1 N–H and O–H groups in total. The Labute approximate surface area is 188 Å². The van der Waals surface area contributed by atoms with Crippen molar-refractivity contribution >= 4 is 17.5 Å². The Morgan fingerprint density at radius 3 is 2.26 bits per heavy atom. The second kappa shape index (κ2) is 10.9. The fourth-order valence-electron chi connectivity index (χ4n) is 3.45. The number of hydrogen-bond acceptors (Lipinski definition) is 3. The maximum atomic E-state index is 12.8. The first kappa shape index (κ1) is 22.8. The van der Waals surface area contributed by atoms with Crippen LogP contribution in [0.4, 0.5) is 0 Å². The summed E-state index contributed by atoms with van der Waals surface area (Å²) in [6.45, 7) is 7.83. The van der Waals surface area contributed by atoms with Crippen molar-refractivity contribution in [2.24, 2.45) is 0 Å². The van der Waals surface area contributed by atoms with E-state index in [0.717, 1.165) is 30.8 Å². The van der Waals surface area contributed by atoms with Crippen LogP contribution in [0.2, 0.25) is 5.02 Å². The average molecular weight is 438 g/mol. The number of carbonyl (C=O) groups excluding carboxylic acids is 1. The molecule has 0 radical (unpaired) electrons. The number of nitrogens with zero attached hydrogens (tertiary/aromatic N) is 2. The molecule has 0 aliphatic carbocycles. The second-order valence-electron chi connectivity index (χ2n) is 7.39. The highest BCUT2D eigenvalue weighted by Gasteiger charge is 2.11.